The molecule has 0 aliphatic rings. The maximum absolute atomic E-state index is 14.0. The van der Waals surface area contributed by atoms with Crippen LogP contribution in [0.2, 0.25) is 0 Å². The Balaban J connectivity index is 3.56. The van der Waals surface area contributed by atoms with Crippen molar-refractivity contribution < 1.29 is 84.5 Å². The Kier molecular flexibility index (Phi) is 7.93. The molecule has 19 heteroatoms. The minimum absolute atomic E-state index is 0.568. The second-order valence-corrected chi connectivity index (χ2v) is 7.11. The summed E-state index contributed by atoms with van der Waals surface area (Å²) in [5, 5.41) is 9.67. The van der Waals surface area contributed by atoms with Crippen LogP contribution in [0.5, 0.6) is 5.75 Å². The van der Waals surface area contributed by atoms with Crippen LogP contribution in [0.1, 0.15) is 18.1 Å². The Bertz CT molecular complexity index is 922. The van der Waals surface area contributed by atoms with Crippen LogP contribution < -0.4 is 4.74 Å². The van der Waals surface area contributed by atoms with Crippen LogP contribution in [0.4, 0.5) is 74.6 Å². The fraction of sp³-hybridized carbons (Fsp3) is 0.647. The number of hydrogen-bond acceptors (Lipinski definition) is 2. The van der Waals surface area contributed by atoms with Gasteiger partial charge in [0.1, 0.15) is 5.75 Å². The number of para-hydroxylation sites is 1. The summed E-state index contributed by atoms with van der Waals surface area (Å²) in [7, 11) is 0.825. The van der Waals surface area contributed by atoms with E-state index in [0.29, 0.717) is 6.07 Å². The first-order valence-corrected chi connectivity index (χ1v) is 8.71. The molecule has 0 bridgehead atoms. The second-order valence-electron chi connectivity index (χ2n) is 7.11. The molecule has 0 amide bonds. The number of halogens is 17. The van der Waals surface area contributed by atoms with Gasteiger partial charge in [-0.1, -0.05) is 18.2 Å². The Morgan fingerprint density at radius 1 is 0.611 bits per heavy atom. The van der Waals surface area contributed by atoms with Crippen molar-refractivity contribution in [2.24, 2.45) is 0 Å². The molecule has 0 radical (unpaired) electrons. The van der Waals surface area contributed by atoms with Gasteiger partial charge in [0.2, 0.25) is 0 Å². The Morgan fingerprint density at radius 2 is 0.972 bits per heavy atom. The highest BCUT2D eigenvalue weighted by Gasteiger charge is 2.95. The third-order valence-corrected chi connectivity index (χ3v) is 4.73. The zero-order chi connectivity index (χ0) is 29.0. The van der Waals surface area contributed by atoms with Crippen LogP contribution in [-0.4, -0.2) is 59.9 Å². The molecular weight excluding hydrogens is 559 g/mol. The number of benzene rings is 1. The smallest absolute Gasteiger partial charge is 0.460 e. The van der Waals surface area contributed by atoms with Gasteiger partial charge in [-0.15, -0.1) is 0 Å². The van der Waals surface area contributed by atoms with Gasteiger partial charge in [0.05, 0.1) is 13.2 Å². The van der Waals surface area contributed by atoms with Crippen molar-refractivity contribution >= 4 is 0 Å². The van der Waals surface area contributed by atoms with Crippen molar-refractivity contribution in [2.45, 2.75) is 60.2 Å². The molecule has 0 fully saturated rings. The third kappa shape index (κ3) is 4.40. The van der Waals surface area contributed by atoms with E-state index < -0.39 is 71.5 Å². The number of rotatable bonds is 10. The summed E-state index contributed by atoms with van der Waals surface area (Å²) in [6, 6.07) is 3.60. The predicted molar refractivity (Wildman–Crippen MR) is 83.3 cm³/mol. The highest BCUT2D eigenvalue weighted by atomic mass is 19.4. The minimum atomic E-state index is -8.69. The SMILES string of the molecule is COc1ccccc1C(O)CC(F)(F)C(F)(F)C(F)(F)C(F)(F)C(F)(F)C(F)(F)C(F)(F)C(F)(F)F. The van der Waals surface area contributed by atoms with Crippen LogP contribution in [0, 0.1) is 0 Å². The third-order valence-electron chi connectivity index (χ3n) is 4.73. The molecule has 0 saturated carbocycles. The van der Waals surface area contributed by atoms with Crippen molar-refractivity contribution in [1.82, 2.24) is 0 Å². The lowest BCUT2D eigenvalue weighted by Gasteiger charge is -2.43. The fourth-order valence-electron chi connectivity index (χ4n) is 2.62. The summed E-state index contributed by atoms with van der Waals surface area (Å²) in [5.74, 6) is -57.6. The lowest BCUT2D eigenvalue weighted by atomic mass is 9.87. The molecule has 1 aromatic carbocycles. The van der Waals surface area contributed by atoms with E-state index in [4.69, 9.17) is 0 Å². The molecular formula is C17H11F17O2. The zero-order valence-corrected chi connectivity index (χ0v) is 16.9. The molecule has 1 N–H and O–H groups in total. The van der Waals surface area contributed by atoms with Crippen molar-refractivity contribution in [1.29, 1.82) is 0 Å². The lowest BCUT2D eigenvalue weighted by molar-refractivity contribution is -0.462. The van der Waals surface area contributed by atoms with Gasteiger partial charge < -0.3 is 9.84 Å². The number of methoxy groups -OCH3 is 1. The molecule has 36 heavy (non-hydrogen) atoms. The number of aliphatic hydroxyl groups excluding tert-OH is 1. The van der Waals surface area contributed by atoms with Crippen LogP contribution in [0.3, 0.4) is 0 Å². The first-order valence-electron chi connectivity index (χ1n) is 8.71. The molecule has 0 aliphatic carbocycles. The molecule has 0 aliphatic heterocycles. The van der Waals surface area contributed by atoms with E-state index >= 15 is 0 Å². The van der Waals surface area contributed by atoms with E-state index in [1.54, 1.807) is 0 Å². The minimum Gasteiger partial charge on any atom is -0.496 e. The molecule has 1 unspecified atom stereocenters. The molecule has 0 spiro atoms. The summed E-state index contributed by atoms with van der Waals surface area (Å²) in [4.78, 5) is 0. The highest BCUT2D eigenvalue weighted by Crippen LogP contribution is 2.64. The van der Waals surface area contributed by atoms with Gasteiger partial charge in [0.15, 0.2) is 0 Å². The van der Waals surface area contributed by atoms with Gasteiger partial charge in [-0.25, -0.2) is 0 Å². The van der Waals surface area contributed by atoms with E-state index in [2.05, 4.69) is 4.74 Å². The average molecular weight is 570 g/mol. The van der Waals surface area contributed by atoms with Gasteiger partial charge in [-0.05, 0) is 6.07 Å². The molecule has 1 atom stereocenters. The van der Waals surface area contributed by atoms with Gasteiger partial charge in [-0.2, -0.15) is 74.6 Å². The van der Waals surface area contributed by atoms with Gasteiger partial charge in [0, 0.05) is 12.0 Å². The predicted octanol–water partition coefficient (Wildman–Crippen LogP) is 7.13. The summed E-state index contributed by atoms with van der Waals surface area (Å²) in [5.41, 5.74) is -0.868. The topological polar surface area (TPSA) is 29.5 Å². The van der Waals surface area contributed by atoms with E-state index in [9.17, 15) is 79.7 Å². The summed E-state index contributed by atoms with van der Waals surface area (Å²) in [6.45, 7) is 0. The first kappa shape index (κ1) is 31.8. The number of alkyl halides is 17. The molecule has 2 nitrogen and oxygen atoms in total. The number of hydrogen-bond donors (Lipinski definition) is 1. The van der Waals surface area contributed by atoms with E-state index in [-0.39, 0.29) is 0 Å². The standard InChI is InChI=1S/C17H11F17O2/c1-36-9-5-3-2-4-7(9)8(35)6-10(18,19)11(20,21)12(22,23)13(24,25)14(26,27)15(28,29)16(30,31)17(32,33)34/h2-5,8,35H,6H2,1H3. The molecule has 210 valence electrons. The second kappa shape index (κ2) is 8.97. The maximum Gasteiger partial charge on any atom is 0.460 e. The Morgan fingerprint density at radius 3 is 1.36 bits per heavy atom. The van der Waals surface area contributed by atoms with Crippen LogP contribution >= 0.6 is 0 Å². The molecule has 1 rings (SSSR count). The maximum atomic E-state index is 14.0. The van der Waals surface area contributed by atoms with Crippen molar-refractivity contribution in [2.75, 3.05) is 7.11 Å². The van der Waals surface area contributed by atoms with E-state index in [1.807, 2.05) is 0 Å². The number of ether oxygens (including phenoxy) is 1. The molecule has 0 aromatic heterocycles. The monoisotopic (exact) mass is 570 g/mol. The van der Waals surface area contributed by atoms with Gasteiger partial charge >= 0.3 is 47.6 Å². The normalized spacial score (nSPS) is 16.2. The molecule has 0 saturated heterocycles. The van der Waals surface area contributed by atoms with Crippen molar-refractivity contribution in [3.05, 3.63) is 29.8 Å². The molecule has 1 aromatic rings. The summed E-state index contributed by atoms with van der Waals surface area (Å²) >= 11 is 0. The van der Waals surface area contributed by atoms with E-state index in [0.717, 1.165) is 25.3 Å². The highest BCUT2D eigenvalue weighted by molar-refractivity contribution is 5.35. The fourth-order valence-corrected chi connectivity index (χ4v) is 2.62. The largest absolute Gasteiger partial charge is 0.496 e. The zero-order valence-electron chi connectivity index (χ0n) is 16.9. The molecule has 0 heterocycles. The summed E-state index contributed by atoms with van der Waals surface area (Å²) < 4.78 is 230. The van der Waals surface area contributed by atoms with Crippen molar-refractivity contribution in [3.8, 4) is 5.75 Å². The Hall–Kier alpha value is -2.21. The van der Waals surface area contributed by atoms with Crippen LogP contribution in [-0.2, 0) is 0 Å². The van der Waals surface area contributed by atoms with Gasteiger partial charge in [0.25, 0.3) is 0 Å². The van der Waals surface area contributed by atoms with Crippen LogP contribution in [0.25, 0.3) is 0 Å². The summed E-state index contributed by atoms with van der Waals surface area (Å²) in [6.07, 6.45) is -13.8. The Labute approximate surface area is 188 Å². The first-order chi connectivity index (χ1) is 15.7. The van der Waals surface area contributed by atoms with Crippen molar-refractivity contribution in [3.63, 3.8) is 0 Å². The quantitative estimate of drug-likeness (QED) is 0.304. The van der Waals surface area contributed by atoms with Crippen LogP contribution in [0.15, 0.2) is 24.3 Å². The lowest BCUT2D eigenvalue weighted by Crippen LogP contribution is -2.74. The van der Waals surface area contributed by atoms with Gasteiger partial charge in [-0.3, -0.25) is 0 Å². The van der Waals surface area contributed by atoms with E-state index in [1.165, 1.54) is 0 Å². The average Bonchev–Trinajstić information content (AvgIpc) is 2.71. The number of aliphatic hydroxyl groups is 1.